The number of carbonyl (C=O) groups is 2. The predicted octanol–water partition coefficient (Wildman–Crippen LogP) is 13.7. The number of allylic oxidation sites excluding steroid dienone is 20. The van der Waals surface area contributed by atoms with Crippen LogP contribution in [-0.4, -0.2) is 46.9 Å². The molecule has 0 rings (SSSR count). The fourth-order valence-electron chi connectivity index (χ4n) is 6.22. The van der Waals surface area contributed by atoms with E-state index in [0.29, 0.717) is 19.3 Å². The standard InChI is InChI=1S/C53H85NO5/c1-4-7-10-13-16-19-21-23-25-26-27-29-31-34-37-40-43-46-53(58)59-49(44-41-38-35-33-30-28-24-22-20-17-14-11-8-5-2)47-52(57)54-50(48-55)51(56)45-42-39-36-32-18-15-12-9-6-3/h7-8,10-11,13,16-17,19-21,23-29,31,33,35,49-51,55-56H,4-6,9,12,14-15,18,22,30,32,34,36-48H2,1-3H3,(H,54,57)/b10-7-,11-8+,16-13+,20-17+,21-19+,25-23-,27-26+,28-24+,31-29+,35-33+. The van der Waals surface area contributed by atoms with Gasteiger partial charge in [0.05, 0.1) is 25.2 Å². The number of amides is 1. The molecule has 0 bridgehead atoms. The summed E-state index contributed by atoms with van der Waals surface area (Å²) in [5, 5.41) is 23.6. The second-order valence-corrected chi connectivity index (χ2v) is 15.2. The summed E-state index contributed by atoms with van der Waals surface area (Å²) in [6.45, 7) is 6.15. The summed E-state index contributed by atoms with van der Waals surface area (Å²) in [5.74, 6) is -0.597. The van der Waals surface area contributed by atoms with Gasteiger partial charge in [0.25, 0.3) is 0 Å². The van der Waals surface area contributed by atoms with E-state index in [-0.39, 0.29) is 24.9 Å². The van der Waals surface area contributed by atoms with Crippen LogP contribution in [0.3, 0.4) is 0 Å². The van der Waals surface area contributed by atoms with Gasteiger partial charge in [-0.15, -0.1) is 0 Å². The number of aliphatic hydroxyl groups is 2. The van der Waals surface area contributed by atoms with E-state index in [0.717, 1.165) is 89.9 Å². The largest absolute Gasteiger partial charge is 0.462 e. The van der Waals surface area contributed by atoms with Gasteiger partial charge in [0, 0.05) is 6.42 Å². The van der Waals surface area contributed by atoms with Crippen LogP contribution in [0.25, 0.3) is 0 Å². The van der Waals surface area contributed by atoms with Crippen LogP contribution in [-0.2, 0) is 14.3 Å². The van der Waals surface area contributed by atoms with Crippen LogP contribution in [0.4, 0.5) is 0 Å². The normalized spacial score (nSPS) is 14.5. The van der Waals surface area contributed by atoms with Crippen LogP contribution in [0.1, 0.15) is 175 Å². The van der Waals surface area contributed by atoms with Gasteiger partial charge in [-0.05, 0) is 77.0 Å². The average Bonchev–Trinajstić information content (AvgIpc) is 3.23. The molecular formula is C53H85NO5. The number of nitrogens with one attached hydrogen (secondary N) is 1. The Morgan fingerprint density at radius 3 is 1.59 bits per heavy atom. The molecule has 0 fully saturated rings. The van der Waals surface area contributed by atoms with Crippen molar-refractivity contribution in [1.29, 1.82) is 0 Å². The number of hydrogen-bond donors (Lipinski definition) is 3. The zero-order valence-corrected chi connectivity index (χ0v) is 37.6. The summed E-state index contributed by atoms with van der Waals surface area (Å²) in [5.41, 5.74) is 0. The lowest BCUT2D eigenvalue weighted by atomic mass is 10.0. The zero-order valence-electron chi connectivity index (χ0n) is 37.6. The molecule has 0 saturated heterocycles. The molecule has 0 aliphatic heterocycles. The van der Waals surface area contributed by atoms with Crippen molar-refractivity contribution >= 4 is 11.9 Å². The minimum Gasteiger partial charge on any atom is -0.462 e. The molecule has 332 valence electrons. The number of aliphatic hydroxyl groups excluding tert-OH is 2. The van der Waals surface area contributed by atoms with Crippen LogP contribution in [0.2, 0.25) is 0 Å². The fraction of sp³-hybridized carbons (Fsp3) is 0.585. The van der Waals surface area contributed by atoms with E-state index in [2.05, 4.69) is 86.8 Å². The average molecular weight is 816 g/mol. The molecule has 3 N–H and O–H groups in total. The number of esters is 1. The third kappa shape index (κ3) is 40.8. The van der Waals surface area contributed by atoms with Crippen molar-refractivity contribution in [2.75, 3.05) is 6.61 Å². The first-order valence-electron chi connectivity index (χ1n) is 23.3. The highest BCUT2D eigenvalue weighted by Crippen LogP contribution is 2.15. The van der Waals surface area contributed by atoms with E-state index in [9.17, 15) is 19.8 Å². The lowest BCUT2D eigenvalue weighted by Gasteiger charge is -2.24. The van der Waals surface area contributed by atoms with Crippen LogP contribution >= 0.6 is 0 Å². The van der Waals surface area contributed by atoms with Gasteiger partial charge in [-0.1, -0.05) is 206 Å². The summed E-state index contributed by atoms with van der Waals surface area (Å²) in [6, 6.07) is -0.735. The number of ether oxygens (including phenoxy) is 1. The number of hydrogen-bond acceptors (Lipinski definition) is 5. The Bertz CT molecular complexity index is 1280. The van der Waals surface area contributed by atoms with Gasteiger partial charge in [0.2, 0.25) is 5.91 Å². The predicted molar refractivity (Wildman–Crippen MR) is 254 cm³/mol. The Labute approximate surface area is 361 Å². The molecule has 0 saturated carbocycles. The monoisotopic (exact) mass is 816 g/mol. The van der Waals surface area contributed by atoms with E-state index in [1.54, 1.807) is 0 Å². The molecule has 0 aromatic rings. The van der Waals surface area contributed by atoms with Crippen molar-refractivity contribution in [2.24, 2.45) is 0 Å². The molecule has 0 spiro atoms. The first kappa shape index (κ1) is 55.3. The highest BCUT2D eigenvalue weighted by Gasteiger charge is 2.24. The topological polar surface area (TPSA) is 95.9 Å². The first-order valence-corrected chi connectivity index (χ1v) is 23.3. The van der Waals surface area contributed by atoms with Crippen molar-refractivity contribution in [3.05, 3.63) is 122 Å². The number of carbonyl (C=O) groups excluding carboxylic acids is 2. The maximum Gasteiger partial charge on any atom is 0.306 e. The summed E-state index contributed by atoms with van der Waals surface area (Å²) in [7, 11) is 0. The summed E-state index contributed by atoms with van der Waals surface area (Å²) in [4.78, 5) is 26.0. The first-order chi connectivity index (χ1) is 29.0. The molecule has 3 atom stereocenters. The molecule has 6 nitrogen and oxygen atoms in total. The lowest BCUT2D eigenvalue weighted by Crippen LogP contribution is -2.46. The van der Waals surface area contributed by atoms with Crippen LogP contribution < -0.4 is 5.32 Å². The maximum absolute atomic E-state index is 13.1. The summed E-state index contributed by atoms with van der Waals surface area (Å²) in [6.07, 6.45) is 62.6. The summed E-state index contributed by atoms with van der Waals surface area (Å²) < 4.78 is 5.86. The molecule has 59 heavy (non-hydrogen) atoms. The molecule has 3 unspecified atom stereocenters. The van der Waals surface area contributed by atoms with E-state index >= 15 is 0 Å². The third-order valence-corrected chi connectivity index (χ3v) is 9.70. The van der Waals surface area contributed by atoms with Crippen LogP contribution in [0.15, 0.2) is 122 Å². The smallest absolute Gasteiger partial charge is 0.306 e. The molecule has 0 aliphatic rings. The van der Waals surface area contributed by atoms with Gasteiger partial charge >= 0.3 is 5.97 Å². The molecule has 1 amide bonds. The second kappa shape index (κ2) is 45.3. The summed E-state index contributed by atoms with van der Waals surface area (Å²) >= 11 is 0. The van der Waals surface area contributed by atoms with Gasteiger partial charge in [-0.25, -0.2) is 0 Å². The maximum atomic E-state index is 13.1. The molecular weight excluding hydrogens is 731 g/mol. The van der Waals surface area contributed by atoms with Gasteiger partial charge in [-0.3, -0.25) is 9.59 Å². The fourth-order valence-corrected chi connectivity index (χ4v) is 6.22. The third-order valence-electron chi connectivity index (χ3n) is 9.70. The molecule has 0 aromatic carbocycles. The van der Waals surface area contributed by atoms with Crippen molar-refractivity contribution in [3.8, 4) is 0 Å². The highest BCUT2D eigenvalue weighted by molar-refractivity contribution is 5.77. The van der Waals surface area contributed by atoms with Crippen LogP contribution in [0.5, 0.6) is 0 Å². The highest BCUT2D eigenvalue weighted by atomic mass is 16.5. The number of rotatable bonds is 39. The SMILES string of the molecule is CC\C=C/C=C/C=C/C=C\C=C\C=C\CCCCCC(=O)OC(CCC/C=C/C/C=C/C/C=C/C/C=C/CC)CC(=O)NC(CO)C(O)CCCCCCCCCCC. The number of unbranched alkanes of at least 4 members (excludes halogenated alkanes) is 12. The minimum atomic E-state index is -0.816. The van der Waals surface area contributed by atoms with Crippen molar-refractivity contribution < 1.29 is 24.5 Å². The van der Waals surface area contributed by atoms with E-state index in [4.69, 9.17) is 4.74 Å². The van der Waals surface area contributed by atoms with Gasteiger partial charge in [0.15, 0.2) is 0 Å². The Kier molecular flexibility index (Phi) is 42.5. The van der Waals surface area contributed by atoms with E-state index in [1.807, 2.05) is 60.8 Å². The lowest BCUT2D eigenvalue weighted by molar-refractivity contribution is -0.151. The zero-order chi connectivity index (χ0) is 43.1. The Morgan fingerprint density at radius 2 is 1.02 bits per heavy atom. The van der Waals surface area contributed by atoms with Gasteiger partial charge in [-0.2, -0.15) is 0 Å². The van der Waals surface area contributed by atoms with Crippen LogP contribution in [0, 0.1) is 0 Å². The van der Waals surface area contributed by atoms with Crippen molar-refractivity contribution in [3.63, 3.8) is 0 Å². The Balaban J connectivity index is 4.83. The minimum absolute atomic E-state index is 0.0126. The molecule has 0 radical (unpaired) electrons. The molecule has 0 aromatic heterocycles. The molecule has 6 heteroatoms. The van der Waals surface area contributed by atoms with E-state index in [1.165, 1.54) is 38.5 Å². The Hall–Kier alpha value is -3.74. The quantitative estimate of drug-likeness (QED) is 0.0249. The van der Waals surface area contributed by atoms with Gasteiger partial charge in [0.1, 0.15) is 6.10 Å². The van der Waals surface area contributed by atoms with Crippen molar-refractivity contribution in [1.82, 2.24) is 5.32 Å². The second-order valence-electron chi connectivity index (χ2n) is 15.2. The molecule has 0 aliphatic carbocycles. The molecule has 0 heterocycles. The van der Waals surface area contributed by atoms with E-state index < -0.39 is 18.2 Å². The Morgan fingerprint density at radius 1 is 0.525 bits per heavy atom. The van der Waals surface area contributed by atoms with Crippen molar-refractivity contribution in [2.45, 2.75) is 193 Å². The van der Waals surface area contributed by atoms with Gasteiger partial charge < -0.3 is 20.3 Å².